The lowest BCUT2D eigenvalue weighted by Crippen LogP contribution is -2.29. The van der Waals surface area contributed by atoms with E-state index in [1.165, 1.54) is 0 Å². The Morgan fingerprint density at radius 3 is 3.07 bits per heavy atom. The second-order valence-corrected chi connectivity index (χ2v) is 3.36. The summed E-state index contributed by atoms with van der Waals surface area (Å²) >= 11 is 0. The largest absolute Gasteiger partial charge is 0.472 e. The molecule has 0 aromatic carbocycles. The fourth-order valence-corrected chi connectivity index (χ4v) is 1.44. The minimum atomic E-state index is 0.000417. The Labute approximate surface area is 87.0 Å². The number of rotatable bonds is 4. The average molecular weight is 207 g/mol. The van der Waals surface area contributed by atoms with Crippen molar-refractivity contribution in [2.24, 2.45) is 12.9 Å². The molecule has 3 N–H and O–H groups in total. The van der Waals surface area contributed by atoms with Crippen molar-refractivity contribution in [2.45, 2.75) is 12.5 Å². The highest BCUT2D eigenvalue weighted by atomic mass is 16.3. The lowest BCUT2D eigenvalue weighted by molar-refractivity contribution is 0.522. The van der Waals surface area contributed by atoms with Crippen molar-refractivity contribution < 1.29 is 4.42 Å². The van der Waals surface area contributed by atoms with Crippen LogP contribution in [0.1, 0.15) is 17.3 Å². The monoisotopic (exact) mass is 207 g/mol. The second-order valence-electron chi connectivity index (χ2n) is 3.36. The van der Waals surface area contributed by atoms with E-state index in [-0.39, 0.29) is 6.04 Å². The van der Waals surface area contributed by atoms with Crippen LogP contribution in [0.5, 0.6) is 0 Å². The number of hydrazine groups is 1. The molecule has 1 unspecified atom stereocenters. The van der Waals surface area contributed by atoms with Gasteiger partial charge in [-0.15, -0.1) is 5.10 Å². The molecule has 0 radical (unpaired) electrons. The maximum absolute atomic E-state index is 5.47. The molecule has 0 saturated heterocycles. The summed E-state index contributed by atoms with van der Waals surface area (Å²) in [6.45, 7) is 0. The van der Waals surface area contributed by atoms with Crippen molar-refractivity contribution >= 4 is 0 Å². The van der Waals surface area contributed by atoms with Gasteiger partial charge in [-0.2, -0.15) is 0 Å². The van der Waals surface area contributed by atoms with Gasteiger partial charge in [0.15, 0.2) is 0 Å². The van der Waals surface area contributed by atoms with Crippen LogP contribution in [0.15, 0.2) is 29.2 Å². The summed E-state index contributed by atoms with van der Waals surface area (Å²) in [4.78, 5) is 0. The molecular formula is C9H13N5O. The standard InChI is InChI=1S/C9H13N5O/c1-14-5-8(12-13-14)4-9(11-10)7-2-3-15-6-7/h2-3,5-6,9,11H,4,10H2,1H3. The number of nitrogens with zero attached hydrogens (tertiary/aromatic N) is 3. The van der Waals surface area contributed by atoms with E-state index in [0.29, 0.717) is 6.42 Å². The van der Waals surface area contributed by atoms with Crippen molar-refractivity contribution in [3.8, 4) is 0 Å². The summed E-state index contributed by atoms with van der Waals surface area (Å²) in [6, 6.07) is 1.88. The highest BCUT2D eigenvalue weighted by Gasteiger charge is 2.13. The zero-order valence-corrected chi connectivity index (χ0v) is 8.42. The number of aryl methyl sites for hydroxylation is 1. The summed E-state index contributed by atoms with van der Waals surface area (Å²) in [7, 11) is 1.83. The van der Waals surface area contributed by atoms with E-state index < -0.39 is 0 Å². The topological polar surface area (TPSA) is 81.9 Å². The van der Waals surface area contributed by atoms with Crippen molar-refractivity contribution in [1.82, 2.24) is 20.4 Å². The first-order chi connectivity index (χ1) is 7.29. The normalized spacial score (nSPS) is 12.9. The molecule has 0 aliphatic carbocycles. The first-order valence-electron chi connectivity index (χ1n) is 4.63. The first-order valence-corrected chi connectivity index (χ1v) is 4.63. The smallest absolute Gasteiger partial charge is 0.0951 e. The van der Waals surface area contributed by atoms with Gasteiger partial charge in [0.05, 0.1) is 24.3 Å². The van der Waals surface area contributed by atoms with E-state index in [1.54, 1.807) is 17.2 Å². The van der Waals surface area contributed by atoms with E-state index in [9.17, 15) is 0 Å². The number of hydrogen-bond donors (Lipinski definition) is 2. The van der Waals surface area contributed by atoms with Gasteiger partial charge < -0.3 is 4.42 Å². The van der Waals surface area contributed by atoms with Gasteiger partial charge in [-0.05, 0) is 6.07 Å². The van der Waals surface area contributed by atoms with Crippen LogP contribution in [0.2, 0.25) is 0 Å². The van der Waals surface area contributed by atoms with Gasteiger partial charge in [-0.25, -0.2) is 0 Å². The Morgan fingerprint density at radius 1 is 1.67 bits per heavy atom. The average Bonchev–Trinajstić information content (AvgIpc) is 2.85. The molecule has 80 valence electrons. The minimum absolute atomic E-state index is 0.000417. The Bertz CT molecular complexity index is 408. The lowest BCUT2D eigenvalue weighted by atomic mass is 10.1. The maximum atomic E-state index is 5.47. The first kappa shape index (κ1) is 9.88. The van der Waals surface area contributed by atoms with Gasteiger partial charge in [0.25, 0.3) is 0 Å². The molecule has 0 fully saturated rings. The third kappa shape index (κ3) is 2.23. The molecule has 6 heteroatoms. The van der Waals surface area contributed by atoms with Crippen LogP contribution in [0.4, 0.5) is 0 Å². The van der Waals surface area contributed by atoms with Crippen LogP contribution < -0.4 is 11.3 Å². The predicted molar refractivity (Wildman–Crippen MR) is 53.5 cm³/mol. The zero-order chi connectivity index (χ0) is 10.7. The number of hydrogen-bond acceptors (Lipinski definition) is 5. The van der Waals surface area contributed by atoms with Crippen LogP contribution in [0, 0.1) is 0 Å². The van der Waals surface area contributed by atoms with Crippen LogP contribution in [-0.4, -0.2) is 15.0 Å². The van der Waals surface area contributed by atoms with Gasteiger partial charge in [-0.1, -0.05) is 5.21 Å². The van der Waals surface area contributed by atoms with E-state index in [2.05, 4.69) is 15.7 Å². The molecule has 1 atom stereocenters. The van der Waals surface area contributed by atoms with Crippen LogP contribution in [0.25, 0.3) is 0 Å². The summed E-state index contributed by atoms with van der Waals surface area (Å²) in [5, 5.41) is 7.86. The van der Waals surface area contributed by atoms with Gasteiger partial charge in [0.2, 0.25) is 0 Å². The molecule has 0 saturated carbocycles. The molecule has 0 bridgehead atoms. The number of nitrogens with one attached hydrogen (secondary N) is 1. The number of nitrogens with two attached hydrogens (primary N) is 1. The lowest BCUT2D eigenvalue weighted by Gasteiger charge is -2.11. The number of aromatic nitrogens is 3. The van der Waals surface area contributed by atoms with Gasteiger partial charge in [0, 0.05) is 25.2 Å². The van der Waals surface area contributed by atoms with Gasteiger partial charge in [0.1, 0.15) is 0 Å². The molecule has 0 aliphatic rings. The second kappa shape index (κ2) is 4.24. The summed E-state index contributed by atoms with van der Waals surface area (Å²) in [5.74, 6) is 5.47. The number of furan rings is 1. The molecule has 2 rings (SSSR count). The van der Waals surface area contributed by atoms with E-state index in [1.807, 2.05) is 19.3 Å². The van der Waals surface area contributed by atoms with E-state index in [4.69, 9.17) is 10.3 Å². The Hall–Kier alpha value is -1.66. The van der Waals surface area contributed by atoms with Crippen molar-refractivity contribution in [1.29, 1.82) is 0 Å². The third-order valence-electron chi connectivity index (χ3n) is 2.21. The molecule has 2 aromatic heterocycles. The Morgan fingerprint density at radius 2 is 2.53 bits per heavy atom. The Balaban J connectivity index is 2.09. The summed E-state index contributed by atoms with van der Waals surface area (Å²) in [5.41, 5.74) is 4.62. The van der Waals surface area contributed by atoms with Crippen LogP contribution in [-0.2, 0) is 13.5 Å². The van der Waals surface area contributed by atoms with E-state index in [0.717, 1.165) is 11.3 Å². The van der Waals surface area contributed by atoms with Crippen LogP contribution >= 0.6 is 0 Å². The molecule has 6 nitrogen and oxygen atoms in total. The third-order valence-corrected chi connectivity index (χ3v) is 2.21. The zero-order valence-electron chi connectivity index (χ0n) is 8.42. The molecule has 2 aromatic rings. The maximum Gasteiger partial charge on any atom is 0.0951 e. The van der Waals surface area contributed by atoms with Crippen molar-refractivity contribution in [2.75, 3.05) is 0 Å². The van der Waals surface area contributed by atoms with Crippen molar-refractivity contribution in [3.63, 3.8) is 0 Å². The quantitative estimate of drug-likeness (QED) is 0.551. The minimum Gasteiger partial charge on any atom is -0.472 e. The summed E-state index contributed by atoms with van der Waals surface area (Å²) in [6.07, 6.45) is 5.84. The van der Waals surface area contributed by atoms with Crippen molar-refractivity contribution in [3.05, 3.63) is 36.0 Å². The molecule has 2 heterocycles. The van der Waals surface area contributed by atoms with Gasteiger partial charge >= 0.3 is 0 Å². The molecule has 0 amide bonds. The van der Waals surface area contributed by atoms with Gasteiger partial charge in [-0.3, -0.25) is 16.0 Å². The molecule has 15 heavy (non-hydrogen) atoms. The van der Waals surface area contributed by atoms with Crippen LogP contribution in [0.3, 0.4) is 0 Å². The fourth-order valence-electron chi connectivity index (χ4n) is 1.44. The fraction of sp³-hybridized carbons (Fsp3) is 0.333. The van der Waals surface area contributed by atoms with E-state index >= 15 is 0 Å². The SMILES string of the molecule is Cn1cc(CC(NN)c2ccoc2)nn1. The highest BCUT2D eigenvalue weighted by molar-refractivity contribution is 5.14. The highest BCUT2D eigenvalue weighted by Crippen LogP contribution is 2.16. The summed E-state index contributed by atoms with van der Waals surface area (Å²) < 4.78 is 6.67. The molecular weight excluding hydrogens is 194 g/mol. The molecule has 0 aliphatic heterocycles. The predicted octanol–water partition coefficient (Wildman–Crippen LogP) is 0.155. The molecule has 0 spiro atoms. The Kier molecular flexibility index (Phi) is 2.79.